The Morgan fingerprint density at radius 3 is 2.87 bits per heavy atom. The van der Waals surface area contributed by atoms with Crippen molar-refractivity contribution in [3.8, 4) is 0 Å². The van der Waals surface area contributed by atoms with Crippen molar-refractivity contribution in [3.05, 3.63) is 17.9 Å². The van der Waals surface area contributed by atoms with E-state index in [1.54, 1.807) is 0 Å². The van der Waals surface area contributed by atoms with Gasteiger partial charge in [-0.1, -0.05) is 0 Å². The molecule has 1 saturated heterocycles. The lowest BCUT2D eigenvalue weighted by atomic mass is 10.1. The Morgan fingerprint density at radius 2 is 2.27 bits per heavy atom. The molecule has 0 radical (unpaired) electrons. The van der Waals surface area contributed by atoms with E-state index in [4.69, 9.17) is 14.9 Å². The van der Waals surface area contributed by atoms with E-state index in [9.17, 15) is 0 Å². The first-order valence-electron chi connectivity index (χ1n) is 5.28. The first-order chi connectivity index (χ1) is 7.11. The van der Waals surface area contributed by atoms with Gasteiger partial charge in [-0.2, -0.15) is 0 Å². The van der Waals surface area contributed by atoms with E-state index in [1.807, 2.05) is 12.1 Å². The van der Waals surface area contributed by atoms with Crippen molar-refractivity contribution in [3.63, 3.8) is 0 Å². The molecule has 0 spiro atoms. The topological polar surface area (TPSA) is 51.6 Å². The van der Waals surface area contributed by atoms with E-state index in [1.165, 1.54) is 0 Å². The maximum atomic E-state index is 5.64. The molecule has 4 heteroatoms. The van der Waals surface area contributed by atoms with E-state index < -0.39 is 0 Å². The molecule has 0 aliphatic carbocycles. The lowest BCUT2D eigenvalue weighted by molar-refractivity contribution is -0.0287. The maximum Gasteiger partial charge on any atom is 0.195 e. The summed E-state index contributed by atoms with van der Waals surface area (Å²) in [4.78, 5) is 2.20. The monoisotopic (exact) mass is 210 g/mol. The summed E-state index contributed by atoms with van der Waals surface area (Å²) in [5.41, 5.74) is 5.41. The van der Waals surface area contributed by atoms with Crippen molar-refractivity contribution in [2.45, 2.75) is 26.0 Å². The number of hydrogen-bond acceptors (Lipinski definition) is 4. The summed E-state index contributed by atoms with van der Waals surface area (Å²) in [5.74, 6) is 1.72. The molecule has 1 aliphatic heterocycles. The van der Waals surface area contributed by atoms with Gasteiger partial charge in [-0.25, -0.2) is 0 Å². The number of rotatable bonds is 2. The Kier molecular flexibility index (Phi) is 2.71. The fraction of sp³-hybridized carbons (Fsp3) is 0.636. The molecule has 0 amide bonds. The van der Waals surface area contributed by atoms with Gasteiger partial charge in [-0.15, -0.1) is 0 Å². The zero-order valence-corrected chi connectivity index (χ0v) is 9.32. The van der Waals surface area contributed by atoms with Gasteiger partial charge in [0.15, 0.2) is 5.88 Å². The normalized spacial score (nSPS) is 20.6. The second-order valence-corrected chi connectivity index (χ2v) is 4.47. The molecule has 0 unspecified atom stereocenters. The van der Waals surface area contributed by atoms with Crippen LogP contribution in [0.2, 0.25) is 0 Å². The number of hydrogen-bond donors (Lipinski definition) is 1. The Balaban J connectivity index is 2.10. The highest BCUT2D eigenvalue weighted by Gasteiger charge is 2.28. The zero-order chi connectivity index (χ0) is 10.9. The molecule has 0 bridgehead atoms. The van der Waals surface area contributed by atoms with Crippen LogP contribution in [-0.4, -0.2) is 25.3 Å². The van der Waals surface area contributed by atoms with Crippen LogP contribution in [0.25, 0.3) is 0 Å². The quantitative estimate of drug-likeness (QED) is 0.800. The highest BCUT2D eigenvalue weighted by Crippen LogP contribution is 2.24. The summed E-state index contributed by atoms with van der Waals surface area (Å²) in [6.45, 7) is 7.10. The lowest BCUT2D eigenvalue weighted by Gasteiger charge is -2.37. The minimum atomic E-state index is -0.103. The molecule has 2 heterocycles. The average molecular weight is 210 g/mol. The second-order valence-electron chi connectivity index (χ2n) is 4.47. The van der Waals surface area contributed by atoms with Crippen LogP contribution in [0.5, 0.6) is 0 Å². The molecule has 0 atom stereocenters. The summed E-state index contributed by atoms with van der Waals surface area (Å²) >= 11 is 0. The minimum absolute atomic E-state index is 0.103. The summed E-state index contributed by atoms with van der Waals surface area (Å²) in [5, 5.41) is 0. The third kappa shape index (κ3) is 2.33. The summed E-state index contributed by atoms with van der Waals surface area (Å²) < 4.78 is 11.3. The first-order valence-corrected chi connectivity index (χ1v) is 5.28. The van der Waals surface area contributed by atoms with Crippen LogP contribution < -0.4 is 10.6 Å². The zero-order valence-electron chi connectivity index (χ0n) is 9.32. The minimum Gasteiger partial charge on any atom is -0.444 e. The molecule has 15 heavy (non-hydrogen) atoms. The van der Waals surface area contributed by atoms with Crippen LogP contribution in [0.15, 0.2) is 16.5 Å². The summed E-state index contributed by atoms with van der Waals surface area (Å²) in [7, 11) is 0. The Hall–Kier alpha value is -1.00. The molecular formula is C11H18N2O2. The number of anilines is 1. The van der Waals surface area contributed by atoms with Crippen LogP contribution in [-0.2, 0) is 11.3 Å². The molecule has 4 nitrogen and oxygen atoms in total. The van der Waals surface area contributed by atoms with Crippen molar-refractivity contribution in [2.75, 3.05) is 24.6 Å². The smallest absolute Gasteiger partial charge is 0.195 e. The molecule has 2 N–H and O–H groups in total. The number of nitrogens with two attached hydrogens (primary N) is 1. The van der Waals surface area contributed by atoms with Gasteiger partial charge >= 0.3 is 0 Å². The van der Waals surface area contributed by atoms with Gasteiger partial charge in [0, 0.05) is 19.2 Å². The van der Waals surface area contributed by atoms with Gasteiger partial charge in [-0.05, 0) is 19.9 Å². The summed E-state index contributed by atoms with van der Waals surface area (Å²) in [6.07, 6.45) is 0. The Labute approximate surface area is 90.0 Å². The van der Waals surface area contributed by atoms with Gasteiger partial charge in [-0.3, -0.25) is 0 Å². The van der Waals surface area contributed by atoms with Crippen LogP contribution in [0.1, 0.15) is 19.6 Å². The van der Waals surface area contributed by atoms with E-state index in [0.29, 0.717) is 6.54 Å². The predicted octanol–water partition coefficient (Wildman–Crippen LogP) is 1.35. The van der Waals surface area contributed by atoms with Gasteiger partial charge in [0.2, 0.25) is 0 Å². The molecule has 1 fully saturated rings. The fourth-order valence-electron chi connectivity index (χ4n) is 1.85. The van der Waals surface area contributed by atoms with Crippen molar-refractivity contribution < 1.29 is 9.15 Å². The van der Waals surface area contributed by atoms with E-state index >= 15 is 0 Å². The first kappa shape index (κ1) is 10.5. The molecule has 2 rings (SSSR count). The maximum absolute atomic E-state index is 5.64. The molecular weight excluding hydrogens is 192 g/mol. The summed E-state index contributed by atoms with van der Waals surface area (Å²) in [6, 6.07) is 3.90. The second kappa shape index (κ2) is 3.87. The number of ether oxygens (including phenoxy) is 1. The van der Waals surface area contributed by atoms with Gasteiger partial charge in [0.25, 0.3) is 0 Å². The van der Waals surface area contributed by atoms with E-state index in [-0.39, 0.29) is 5.60 Å². The molecule has 1 aliphatic rings. The van der Waals surface area contributed by atoms with Crippen molar-refractivity contribution in [1.29, 1.82) is 0 Å². The van der Waals surface area contributed by atoms with Gasteiger partial charge in [0.05, 0.1) is 18.8 Å². The highest BCUT2D eigenvalue weighted by molar-refractivity contribution is 5.37. The molecule has 0 aromatic carbocycles. The SMILES string of the molecule is CC1(C)CN(c2ccc(CN)o2)CCO1. The fourth-order valence-corrected chi connectivity index (χ4v) is 1.85. The Bertz CT molecular complexity index is 333. The van der Waals surface area contributed by atoms with Crippen LogP contribution >= 0.6 is 0 Å². The van der Waals surface area contributed by atoms with Crippen LogP contribution in [0.3, 0.4) is 0 Å². The van der Waals surface area contributed by atoms with Crippen molar-refractivity contribution >= 4 is 5.88 Å². The molecule has 0 saturated carbocycles. The van der Waals surface area contributed by atoms with E-state index in [0.717, 1.165) is 31.3 Å². The van der Waals surface area contributed by atoms with Crippen molar-refractivity contribution in [1.82, 2.24) is 0 Å². The molecule has 1 aromatic rings. The highest BCUT2D eigenvalue weighted by atomic mass is 16.5. The van der Waals surface area contributed by atoms with Gasteiger partial charge in [0.1, 0.15) is 5.76 Å². The van der Waals surface area contributed by atoms with Crippen LogP contribution in [0.4, 0.5) is 5.88 Å². The van der Waals surface area contributed by atoms with Crippen LogP contribution in [0, 0.1) is 0 Å². The predicted molar refractivity (Wildman–Crippen MR) is 58.8 cm³/mol. The average Bonchev–Trinajstić information content (AvgIpc) is 2.64. The standard InChI is InChI=1S/C11H18N2O2/c1-11(2)8-13(5-6-14-11)10-4-3-9(7-12)15-10/h3-4H,5-8,12H2,1-2H3. The Morgan fingerprint density at radius 1 is 1.47 bits per heavy atom. The largest absolute Gasteiger partial charge is 0.444 e. The number of morpholine rings is 1. The molecule has 84 valence electrons. The van der Waals surface area contributed by atoms with E-state index in [2.05, 4.69) is 18.7 Å². The van der Waals surface area contributed by atoms with Crippen molar-refractivity contribution in [2.24, 2.45) is 5.73 Å². The third-order valence-electron chi connectivity index (χ3n) is 2.59. The number of furan rings is 1. The molecule has 1 aromatic heterocycles. The lowest BCUT2D eigenvalue weighted by Crippen LogP contribution is -2.48. The number of nitrogens with zero attached hydrogens (tertiary/aromatic N) is 1. The third-order valence-corrected chi connectivity index (χ3v) is 2.59. The van der Waals surface area contributed by atoms with Gasteiger partial charge < -0.3 is 19.8 Å².